The molecule has 0 aliphatic carbocycles. The third kappa shape index (κ3) is 4.43. The quantitative estimate of drug-likeness (QED) is 0.754. The molecule has 1 heterocycles. The molecule has 0 spiro atoms. The second-order valence-corrected chi connectivity index (χ2v) is 5.50. The van der Waals surface area contributed by atoms with Crippen molar-refractivity contribution in [2.24, 2.45) is 5.92 Å². The van der Waals surface area contributed by atoms with Gasteiger partial charge in [0.25, 0.3) is 0 Å². The molecule has 1 atom stereocenters. The van der Waals surface area contributed by atoms with Gasteiger partial charge in [-0.1, -0.05) is 37.3 Å². The van der Waals surface area contributed by atoms with Crippen LogP contribution in [0.2, 0.25) is 0 Å². The lowest BCUT2D eigenvalue weighted by Gasteiger charge is -2.23. The Labute approximate surface area is 111 Å². The van der Waals surface area contributed by atoms with E-state index in [2.05, 4.69) is 47.9 Å². The zero-order chi connectivity index (χ0) is 12.6. The van der Waals surface area contributed by atoms with E-state index < -0.39 is 0 Å². The third-order valence-electron chi connectivity index (χ3n) is 4.01. The molecule has 0 bridgehead atoms. The minimum atomic E-state index is 0.659. The van der Waals surface area contributed by atoms with E-state index in [0.29, 0.717) is 5.92 Å². The van der Waals surface area contributed by atoms with E-state index in [1.807, 2.05) is 0 Å². The van der Waals surface area contributed by atoms with Crippen LogP contribution in [0, 0.1) is 5.92 Å². The predicted molar refractivity (Wildman–Crippen MR) is 77.9 cm³/mol. The van der Waals surface area contributed by atoms with Crippen LogP contribution in [0.25, 0.3) is 0 Å². The summed E-state index contributed by atoms with van der Waals surface area (Å²) in [5.41, 5.74) is 1.46. The molecule has 1 aliphatic rings. The molecule has 1 unspecified atom stereocenters. The first-order chi connectivity index (χ1) is 8.86. The fourth-order valence-corrected chi connectivity index (χ4v) is 2.66. The fraction of sp³-hybridized carbons (Fsp3) is 0.625. The average molecular weight is 246 g/mol. The Morgan fingerprint density at radius 1 is 1.22 bits per heavy atom. The van der Waals surface area contributed by atoms with Gasteiger partial charge in [0, 0.05) is 0 Å². The van der Waals surface area contributed by atoms with Crippen molar-refractivity contribution < 1.29 is 0 Å². The molecule has 2 rings (SSSR count). The largest absolute Gasteiger partial charge is 0.317 e. The lowest BCUT2D eigenvalue weighted by atomic mass is 9.96. The van der Waals surface area contributed by atoms with Gasteiger partial charge < -0.3 is 10.6 Å². The van der Waals surface area contributed by atoms with E-state index in [1.54, 1.807) is 0 Å². The average Bonchev–Trinajstić information content (AvgIpc) is 2.45. The Kier molecular flexibility index (Phi) is 5.69. The molecule has 2 nitrogen and oxygen atoms in total. The van der Waals surface area contributed by atoms with Crippen LogP contribution in [0.15, 0.2) is 30.3 Å². The standard InChI is InChI=1S/C16H26N2/c1-14(16-5-3-2-4-6-16)7-10-18-13-15-8-11-17-12-9-15/h2-6,14-15,17-18H,7-13H2,1H3. The highest BCUT2D eigenvalue weighted by Crippen LogP contribution is 2.17. The molecule has 0 aromatic heterocycles. The highest BCUT2D eigenvalue weighted by molar-refractivity contribution is 5.18. The molecule has 0 saturated carbocycles. The third-order valence-corrected chi connectivity index (χ3v) is 4.01. The van der Waals surface area contributed by atoms with Crippen molar-refractivity contribution in [3.05, 3.63) is 35.9 Å². The van der Waals surface area contributed by atoms with Gasteiger partial charge in [0.15, 0.2) is 0 Å². The van der Waals surface area contributed by atoms with E-state index in [9.17, 15) is 0 Å². The first kappa shape index (κ1) is 13.6. The van der Waals surface area contributed by atoms with Gasteiger partial charge in [0.2, 0.25) is 0 Å². The maximum atomic E-state index is 3.63. The van der Waals surface area contributed by atoms with Gasteiger partial charge in [0.05, 0.1) is 0 Å². The molecular formula is C16H26N2. The zero-order valence-corrected chi connectivity index (χ0v) is 11.5. The number of nitrogens with one attached hydrogen (secondary N) is 2. The number of rotatable bonds is 6. The SMILES string of the molecule is CC(CCNCC1CCNCC1)c1ccccc1. The molecule has 0 amide bonds. The Balaban J connectivity index is 1.60. The molecule has 18 heavy (non-hydrogen) atoms. The molecule has 1 aromatic carbocycles. The van der Waals surface area contributed by atoms with Crippen LogP contribution in [0.5, 0.6) is 0 Å². The highest BCUT2D eigenvalue weighted by atomic mass is 14.9. The van der Waals surface area contributed by atoms with Crippen LogP contribution in [0.3, 0.4) is 0 Å². The van der Waals surface area contributed by atoms with Crippen molar-refractivity contribution in [3.8, 4) is 0 Å². The Morgan fingerprint density at radius 3 is 2.67 bits per heavy atom. The molecule has 1 aliphatic heterocycles. The number of hydrogen-bond acceptors (Lipinski definition) is 2. The minimum absolute atomic E-state index is 0.659. The molecule has 2 N–H and O–H groups in total. The van der Waals surface area contributed by atoms with Crippen LogP contribution in [0.4, 0.5) is 0 Å². The monoisotopic (exact) mass is 246 g/mol. The van der Waals surface area contributed by atoms with E-state index in [1.165, 1.54) is 44.5 Å². The lowest BCUT2D eigenvalue weighted by Crippen LogP contribution is -2.34. The van der Waals surface area contributed by atoms with E-state index in [4.69, 9.17) is 0 Å². The summed E-state index contributed by atoms with van der Waals surface area (Å²) in [7, 11) is 0. The minimum Gasteiger partial charge on any atom is -0.317 e. The summed E-state index contributed by atoms with van der Waals surface area (Å²) in [4.78, 5) is 0. The summed E-state index contributed by atoms with van der Waals surface area (Å²) < 4.78 is 0. The van der Waals surface area contributed by atoms with Crippen molar-refractivity contribution in [3.63, 3.8) is 0 Å². The first-order valence-electron chi connectivity index (χ1n) is 7.32. The van der Waals surface area contributed by atoms with Gasteiger partial charge in [-0.25, -0.2) is 0 Å². The summed E-state index contributed by atoms with van der Waals surface area (Å²) in [5, 5.41) is 7.05. The molecule has 0 radical (unpaired) electrons. The van der Waals surface area contributed by atoms with Crippen LogP contribution < -0.4 is 10.6 Å². The van der Waals surface area contributed by atoms with Gasteiger partial charge in [-0.05, 0) is 62.8 Å². The number of benzene rings is 1. The lowest BCUT2D eigenvalue weighted by molar-refractivity contribution is 0.355. The molecule has 2 heteroatoms. The normalized spacial score (nSPS) is 18.7. The summed E-state index contributed by atoms with van der Waals surface area (Å²) in [6.07, 6.45) is 3.90. The van der Waals surface area contributed by atoms with Gasteiger partial charge in [0.1, 0.15) is 0 Å². The molecule has 1 fully saturated rings. The molecule has 100 valence electrons. The maximum absolute atomic E-state index is 3.63. The van der Waals surface area contributed by atoms with E-state index in [0.717, 1.165) is 12.5 Å². The predicted octanol–water partition coefficient (Wildman–Crippen LogP) is 2.77. The second-order valence-electron chi connectivity index (χ2n) is 5.50. The second kappa shape index (κ2) is 7.55. The Hall–Kier alpha value is -0.860. The Morgan fingerprint density at radius 2 is 1.94 bits per heavy atom. The first-order valence-corrected chi connectivity index (χ1v) is 7.32. The smallest absolute Gasteiger partial charge is 0.00196 e. The zero-order valence-electron chi connectivity index (χ0n) is 11.5. The summed E-state index contributed by atoms with van der Waals surface area (Å²) >= 11 is 0. The van der Waals surface area contributed by atoms with E-state index >= 15 is 0 Å². The maximum Gasteiger partial charge on any atom is -0.00196 e. The molecule has 1 saturated heterocycles. The van der Waals surface area contributed by atoms with Gasteiger partial charge in [-0.2, -0.15) is 0 Å². The molecule has 1 aromatic rings. The number of hydrogen-bond donors (Lipinski definition) is 2. The fourth-order valence-electron chi connectivity index (χ4n) is 2.66. The summed E-state index contributed by atoms with van der Waals surface area (Å²) in [6, 6.07) is 10.8. The van der Waals surface area contributed by atoms with Crippen LogP contribution in [0.1, 0.15) is 37.7 Å². The summed E-state index contributed by atoms with van der Waals surface area (Å²) in [6.45, 7) is 7.06. The van der Waals surface area contributed by atoms with Crippen molar-refractivity contribution >= 4 is 0 Å². The van der Waals surface area contributed by atoms with Gasteiger partial charge in [-0.15, -0.1) is 0 Å². The number of piperidine rings is 1. The Bertz CT molecular complexity index is 317. The van der Waals surface area contributed by atoms with Crippen molar-refractivity contribution in [2.75, 3.05) is 26.2 Å². The van der Waals surface area contributed by atoms with Gasteiger partial charge in [-0.3, -0.25) is 0 Å². The highest BCUT2D eigenvalue weighted by Gasteiger charge is 2.12. The summed E-state index contributed by atoms with van der Waals surface area (Å²) in [5.74, 6) is 1.55. The van der Waals surface area contributed by atoms with Crippen molar-refractivity contribution in [1.82, 2.24) is 10.6 Å². The van der Waals surface area contributed by atoms with Crippen molar-refractivity contribution in [1.29, 1.82) is 0 Å². The topological polar surface area (TPSA) is 24.1 Å². The van der Waals surface area contributed by atoms with Crippen LogP contribution in [-0.4, -0.2) is 26.2 Å². The van der Waals surface area contributed by atoms with Gasteiger partial charge >= 0.3 is 0 Å². The van der Waals surface area contributed by atoms with E-state index in [-0.39, 0.29) is 0 Å². The molecular weight excluding hydrogens is 220 g/mol. The van der Waals surface area contributed by atoms with Crippen LogP contribution in [-0.2, 0) is 0 Å². The van der Waals surface area contributed by atoms with Crippen LogP contribution >= 0.6 is 0 Å². The van der Waals surface area contributed by atoms with Crippen molar-refractivity contribution in [2.45, 2.75) is 32.1 Å².